The van der Waals surface area contributed by atoms with Gasteiger partial charge < -0.3 is 4.79 Å². The van der Waals surface area contributed by atoms with E-state index in [0.29, 0.717) is 0 Å². The monoisotopic (exact) mass is 308 g/mol. The second-order valence-corrected chi connectivity index (χ2v) is 4.63. The number of unbranched alkanes of at least 4 members (excludes halogenated alkanes) is 1. The van der Waals surface area contributed by atoms with E-state index >= 15 is 0 Å². The van der Waals surface area contributed by atoms with E-state index in [4.69, 9.17) is 4.79 Å². The van der Waals surface area contributed by atoms with Gasteiger partial charge in [0.1, 0.15) is 6.29 Å². The largest absolute Gasteiger partial charge is 0.416 e. The van der Waals surface area contributed by atoms with E-state index in [0.717, 1.165) is 41.9 Å². The summed E-state index contributed by atoms with van der Waals surface area (Å²) in [5, 5.41) is 0. The predicted molar refractivity (Wildman–Crippen MR) is 80.2 cm³/mol. The Morgan fingerprint density at radius 2 is 1.60 bits per heavy atom. The van der Waals surface area contributed by atoms with Crippen LogP contribution >= 0.6 is 11.8 Å². The molecular weight excluding hydrogens is 285 g/mol. The van der Waals surface area contributed by atoms with Gasteiger partial charge in [-0.2, -0.15) is 13.2 Å². The zero-order valence-electron chi connectivity index (χ0n) is 12.5. The second-order valence-electron chi connectivity index (χ2n) is 3.46. The molecule has 0 aliphatic rings. The molecule has 1 aromatic carbocycles. The lowest BCUT2D eigenvalue weighted by Crippen LogP contribution is -2.03. The molecule has 5 heteroatoms. The maximum Gasteiger partial charge on any atom is 0.416 e. The number of rotatable bonds is 4. The first kappa shape index (κ1) is 21.3. The molecule has 0 saturated heterocycles. The number of carbonyl (C=O) groups excluding carboxylic acids is 1. The summed E-state index contributed by atoms with van der Waals surface area (Å²) in [4.78, 5) is 9.71. The number of alkyl halides is 3. The number of hydrogen-bond donors (Lipinski definition) is 0. The van der Waals surface area contributed by atoms with Crippen LogP contribution in [0.15, 0.2) is 29.2 Å². The van der Waals surface area contributed by atoms with Crippen molar-refractivity contribution in [3.05, 3.63) is 29.8 Å². The molecular formula is C15H23F3OS. The molecule has 0 fully saturated rings. The zero-order chi connectivity index (χ0) is 16.0. The van der Waals surface area contributed by atoms with Crippen molar-refractivity contribution in [2.45, 2.75) is 51.6 Å². The van der Waals surface area contributed by atoms with Gasteiger partial charge in [-0.3, -0.25) is 0 Å². The van der Waals surface area contributed by atoms with Crippen LogP contribution in [0.1, 0.15) is 46.1 Å². The van der Waals surface area contributed by atoms with Crippen LogP contribution < -0.4 is 0 Å². The Balaban J connectivity index is 0. The Labute approximate surface area is 124 Å². The van der Waals surface area contributed by atoms with Crippen LogP contribution in [-0.4, -0.2) is 12.0 Å². The van der Waals surface area contributed by atoms with E-state index in [1.807, 2.05) is 13.8 Å². The molecule has 116 valence electrons. The molecule has 1 nitrogen and oxygen atoms in total. The van der Waals surface area contributed by atoms with Crippen molar-refractivity contribution in [2.75, 3.05) is 5.75 Å². The summed E-state index contributed by atoms with van der Waals surface area (Å²) >= 11 is 1.60. The van der Waals surface area contributed by atoms with Crippen molar-refractivity contribution in [3.8, 4) is 0 Å². The number of aldehydes is 1. The fourth-order valence-electron chi connectivity index (χ4n) is 1.07. The average molecular weight is 308 g/mol. The summed E-state index contributed by atoms with van der Waals surface area (Å²) in [5.41, 5.74) is -0.581. The molecule has 0 bridgehead atoms. The van der Waals surface area contributed by atoms with Gasteiger partial charge in [-0.1, -0.05) is 27.2 Å². The fraction of sp³-hybridized carbons (Fsp3) is 0.533. The van der Waals surface area contributed by atoms with Crippen molar-refractivity contribution < 1.29 is 18.0 Å². The van der Waals surface area contributed by atoms with E-state index in [-0.39, 0.29) is 0 Å². The van der Waals surface area contributed by atoms with E-state index in [1.54, 1.807) is 11.8 Å². The molecule has 0 radical (unpaired) electrons. The third-order valence-electron chi connectivity index (χ3n) is 1.95. The molecule has 1 rings (SSSR count). The molecule has 0 N–H and O–H groups in total. The average Bonchev–Trinajstić information content (AvgIpc) is 2.42. The topological polar surface area (TPSA) is 17.1 Å². The van der Waals surface area contributed by atoms with E-state index in [2.05, 4.69) is 6.92 Å². The van der Waals surface area contributed by atoms with Gasteiger partial charge in [-0.15, -0.1) is 11.8 Å². The van der Waals surface area contributed by atoms with Crippen LogP contribution in [0.5, 0.6) is 0 Å². The Morgan fingerprint density at radius 1 is 1.15 bits per heavy atom. The van der Waals surface area contributed by atoms with Crippen LogP contribution in [0, 0.1) is 0 Å². The van der Waals surface area contributed by atoms with Gasteiger partial charge in [0.2, 0.25) is 0 Å². The first-order valence-electron chi connectivity index (χ1n) is 6.65. The summed E-state index contributed by atoms with van der Waals surface area (Å²) in [5.74, 6) is 0.960. The first-order chi connectivity index (χ1) is 9.45. The molecule has 0 aliphatic carbocycles. The first-order valence-corrected chi connectivity index (χ1v) is 7.64. The van der Waals surface area contributed by atoms with Gasteiger partial charge in [-0.25, -0.2) is 0 Å². The summed E-state index contributed by atoms with van der Waals surface area (Å²) in [6.45, 7) is 7.54. The zero-order valence-corrected chi connectivity index (χ0v) is 13.3. The number of hydrogen-bond acceptors (Lipinski definition) is 2. The quantitative estimate of drug-likeness (QED) is 0.395. The Hall–Kier alpha value is -0.970. The van der Waals surface area contributed by atoms with Crippen molar-refractivity contribution in [1.29, 1.82) is 0 Å². The minimum atomic E-state index is -4.23. The third-order valence-corrected chi connectivity index (χ3v) is 3.05. The van der Waals surface area contributed by atoms with Gasteiger partial charge in [0.25, 0.3) is 0 Å². The minimum absolute atomic E-state index is 0.581. The predicted octanol–water partition coefficient (Wildman–Crippen LogP) is 5.83. The number of carbonyl (C=O) groups is 1. The number of thioether (sulfide) groups is 1. The number of benzene rings is 1. The van der Waals surface area contributed by atoms with Gasteiger partial charge in [0.05, 0.1) is 5.56 Å². The van der Waals surface area contributed by atoms with Crippen molar-refractivity contribution in [2.24, 2.45) is 0 Å². The molecule has 0 spiro atoms. The molecule has 0 aliphatic heterocycles. The van der Waals surface area contributed by atoms with Crippen LogP contribution in [0.4, 0.5) is 13.2 Å². The lowest BCUT2D eigenvalue weighted by atomic mass is 10.2. The van der Waals surface area contributed by atoms with Crippen molar-refractivity contribution >= 4 is 18.0 Å². The second kappa shape index (κ2) is 13.0. The molecule has 1 aromatic rings. The number of halogens is 3. The summed E-state index contributed by atoms with van der Waals surface area (Å²) < 4.78 is 36.7. The maximum absolute atomic E-state index is 12.2. The van der Waals surface area contributed by atoms with Crippen LogP contribution in [0.25, 0.3) is 0 Å². The molecule has 0 unspecified atom stereocenters. The lowest BCUT2D eigenvalue weighted by molar-refractivity contribution is -0.137. The SMILES string of the molecule is CC.CC=O.CCCCSc1ccc(C(F)(F)F)cc1. The van der Waals surface area contributed by atoms with Crippen LogP contribution in [-0.2, 0) is 11.0 Å². The van der Waals surface area contributed by atoms with Crippen LogP contribution in [0.3, 0.4) is 0 Å². The van der Waals surface area contributed by atoms with E-state index in [1.165, 1.54) is 19.1 Å². The highest BCUT2D eigenvalue weighted by Crippen LogP contribution is 2.30. The molecule has 0 aromatic heterocycles. The lowest BCUT2D eigenvalue weighted by Gasteiger charge is -2.07. The Kier molecular flexibility index (Phi) is 13.9. The molecule has 0 heterocycles. The third kappa shape index (κ3) is 10.9. The normalized spacial score (nSPS) is 9.75. The molecule has 0 amide bonds. The van der Waals surface area contributed by atoms with Crippen LogP contribution in [0.2, 0.25) is 0 Å². The van der Waals surface area contributed by atoms with E-state index in [9.17, 15) is 13.2 Å². The molecule has 20 heavy (non-hydrogen) atoms. The molecule has 0 atom stereocenters. The van der Waals surface area contributed by atoms with Gasteiger partial charge in [0, 0.05) is 4.90 Å². The highest BCUT2D eigenvalue weighted by Gasteiger charge is 2.29. The fourth-order valence-corrected chi connectivity index (χ4v) is 2.07. The highest BCUT2D eigenvalue weighted by atomic mass is 32.2. The van der Waals surface area contributed by atoms with E-state index < -0.39 is 11.7 Å². The van der Waals surface area contributed by atoms with Gasteiger partial charge >= 0.3 is 6.18 Å². The van der Waals surface area contributed by atoms with Gasteiger partial charge in [-0.05, 0) is 43.4 Å². The van der Waals surface area contributed by atoms with Crippen molar-refractivity contribution in [1.82, 2.24) is 0 Å². The summed E-state index contributed by atoms with van der Waals surface area (Å²) in [7, 11) is 0. The Morgan fingerprint density at radius 3 is 1.95 bits per heavy atom. The van der Waals surface area contributed by atoms with Crippen molar-refractivity contribution in [3.63, 3.8) is 0 Å². The minimum Gasteiger partial charge on any atom is -0.304 e. The maximum atomic E-state index is 12.2. The standard InChI is InChI=1S/C11H13F3S.C2H4O.C2H6/c1-2-3-8-15-10-6-4-9(5-7-10)11(12,13)14;1-2-3;1-2/h4-7H,2-3,8H2,1H3;2H,1H3;1-2H3. The Bertz CT molecular complexity index is 334. The summed E-state index contributed by atoms with van der Waals surface area (Å²) in [6.07, 6.45) is -1.29. The van der Waals surface area contributed by atoms with Gasteiger partial charge in [0.15, 0.2) is 0 Å². The highest BCUT2D eigenvalue weighted by molar-refractivity contribution is 7.99. The molecule has 0 saturated carbocycles. The summed E-state index contributed by atoms with van der Waals surface area (Å²) in [6, 6.07) is 5.33. The smallest absolute Gasteiger partial charge is 0.304 e.